The molecule has 27 aromatic rings. The van der Waals surface area contributed by atoms with Crippen LogP contribution in [0.1, 0.15) is 0 Å². The summed E-state index contributed by atoms with van der Waals surface area (Å²) in [5.74, 6) is 3.86. The molecule has 24 aromatic heterocycles. The quantitative estimate of drug-likeness (QED) is 0.0631. The predicted molar refractivity (Wildman–Crippen MR) is 516 cm³/mol. The van der Waals surface area contributed by atoms with Crippen LogP contribution in [0.3, 0.4) is 0 Å². The third kappa shape index (κ3) is 17.4. The smallest absolute Gasteiger partial charge is 0.264 e. The number of para-hydroxylation sites is 1. The molecule has 0 saturated heterocycles. The van der Waals surface area contributed by atoms with Gasteiger partial charge in [0, 0.05) is 46.9 Å². The van der Waals surface area contributed by atoms with Crippen molar-refractivity contribution in [3.8, 4) is 44.4 Å². The Hall–Kier alpha value is -19.8. The zero-order valence-corrected chi connectivity index (χ0v) is 73.2. The Bertz CT molecular complexity index is 8620. The van der Waals surface area contributed by atoms with E-state index in [9.17, 15) is 4.79 Å². The van der Waals surface area contributed by atoms with Crippen LogP contribution in [0.4, 0.5) is 46.5 Å². The molecule has 0 spiro atoms. The minimum Gasteiger partial charge on any atom is -0.383 e. The molecule has 137 heavy (non-hydrogen) atoms. The summed E-state index contributed by atoms with van der Waals surface area (Å²) in [7, 11) is 0. The molecule has 54 heteroatoms. The number of aromatic amines is 3. The molecule has 3 aromatic carbocycles. The van der Waals surface area contributed by atoms with Crippen LogP contribution in [0, 0.1) is 0 Å². The highest BCUT2D eigenvalue weighted by Gasteiger charge is 2.19. The summed E-state index contributed by atoms with van der Waals surface area (Å²) in [6.45, 7) is 0. The number of rotatable bonds is 8. The molecule has 0 aliphatic carbocycles. The van der Waals surface area contributed by atoms with Crippen LogP contribution in [0.2, 0.25) is 5.15 Å². The van der Waals surface area contributed by atoms with Gasteiger partial charge in [-0.2, -0.15) is 76.8 Å². The molecular weight excluding hydrogens is 1830 g/mol. The van der Waals surface area contributed by atoms with Gasteiger partial charge in [0.05, 0.1) is 155 Å². The molecule has 19 N–H and O–H groups in total. The Balaban J connectivity index is 0.0000000968. The van der Waals surface area contributed by atoms with Gasteiger partial charge >= 0.3 is 0 Å². The van der Waals surface area contributed by atoms with E-state index in [1.165, 1.54) is 61.4 Å². The van der Waals surface area contributed by atoms with Crippen LogP contribution >= 0.6 is 45.6 Å². The van der Waals surface area contributed by atoms with E-state index >= 15 is 0 Å². The van der Waals surface area contributed by atoms with Crippen LogP contribution in [0.25, 0.3) is 165 Å². The number of nitrogens with two attached hydrogens (primary N) is 8. The molecule has 0 bridgehead atoms. The number of halogens is 1. The molecule has 27 rings (SSSR count). The molecule has 0 saturated carbocycles. The van der Waals surface area contributed by atoms with Gasteiger partial charge in [-0.15, -0.1) is 11.3 Å². The molecule has 50 nitrogen and oxygen atoms in total. The van der Waals surface area contributed by atoms with Gasteiger partial charge in [0.15, 0.2) is 51.0 Å². The number of anilines is 8. The highest BCUT2D eigenvalue weighted by atomic mass is 35.5. The Labute approximate surface area is 779 Å². The highest BCUT2D eigenvalue weighted by Crippen LogP contribution is 2.31. The van der Waals surface area contributed by atoms with Crippen molar-refractivity contribution < 1.29 is 0 Å². The molecule has 0 amide bonds. The lowest BCUT2D eigenvalue weighted by Gasteiger charge is -2.02. The van der Waals surface area contributed by atoms with E-state index in [0.29, 0.717) is 102 Å². The summed E-state index contributed by atoms with van der Waals surface area (Å²) in [6.07, 6.45) is 33.1. The predicted octanol–water partition coefficient (Wildman–Crippen LogP) is 9.19. The normalized spacial score (nSPS) is 11.1. The van der Waals surface area contributed by atoms with Crippen molar-refractivity contribution in [1.82, 2.24) is 204 Å². The first kappa shape index (κ1) is 85.3. The van der Waals surface area contributed by atoms with Gasteiger partial charge in [-0.25, -0.2) is 123 Å². The topological polar surface area (TPSA) is 699 Å². The Morgan fingerprint density at radius 3 is 1.20 bits per heavy atom. The minimum atomic E-state index is -0.278. The van der Waals surface area contributed by atoms with Gasteiger partial charge in [0.25, 0.3) is 5.56 Å². The maximum atomic E-state index is 10.9. The fourth-order valence-corrected chi connectivity index (χ4v) is 16.0. The maximum absolute atomic E-state index is 10.9. The molecule has 0 atom stereocenters. The minimum absolute atomic E-state index is 0.278. The SMILES string of the molecule is Nc1ncnc2c1cnn2-c1ccc(=O)[nH]n1.Nc1ncnc2c1cnn2-c1ccc2[nH]ncc2c1.Nc1ncnc2c1cnn2-c1ccc2cn[nH]c2c1.Nc1ncnc2c1cnn2-c1cccs1.Nc1ncnc2c1cnn2-c1ccnc(Cl)c1.Nc1ncnc2c1cnn2-c1ccncc1.Nc1ncnc2c1cnn2-c1ccsc1.Nc1ncnc2c1cnn2-c1nc2ccccc2s1. The molecule has 0 fully saturated rings. The van der Waals surface area contributed by atoms with Crippen LogP contribution in [0.5, 0.6) is 0 Å². The second kappa shape index (κ2) is 37.3. The van der Waals surface area contributed by atoms with Crippen LogP contribution in [-0.2, 0) is 0 Å². The molecule has 0 aliphatic heterocycles. The number of hydrogen-bond donors (Lipinski definition) is 11. The number of thiazole rings is 1. The average molecular weight is 1890 g/mol. The van der Waals surface area contributed by atoms with Crippen LogP contribution < -0.4 is 51.4 Å². The van der Waals surface area contributed by atoms with Crippen molar-refractivity contribution >= 4 is 212 Å². The van der Waals surface area contributed by atoms with Gasteiger partial charge in [-0.05, 0) is 102 Å². The fourth-order valence-electron chi connectivity index (χ4n) is 13.6. The van der Waals surface area contributed by atoms with E-state index in [-0.39, 0.29) is 5.56 Å². The zero-order chi connectivity index (χ0) is 93.6. The van der Waals surface area contributed by atoms with Crippen molar-refractivity contribution in [2.45, 2.75) is 0 Å². The molecule has 0 unspecified atom stereocenters. The summed E-state index contributed by atoms with van der Waals surface area (Å²) in [6, 6.07) is 35.8. The number of nitrogens with one attached hydrogen (secondary N) is 3. The van der Waals surface area contributed by atoms with Gasteiger partial charge in [0.2, 0.25) is 5.13 Å². The second-order valence-corrected chi connectivity index (χ2v) is 31.5. The monoisotopic (exact) mass is 1890 g/mol. The van der Waals surface area contributed by atoms with Gasteiger partial charge in [0.1, 0.15) is 107 Å². The van der Waals surface area contributed by atoms with Crippen molar-refractivity contribution in [2.75, 3.05) is 45.9 Å². The van der Waals surface area contributed by atoms with Crippen molar-refractivity contribution in [2.24, 2.45) is 0 Å². The summed E-state index contributed by atoms with van der Waals surface area (Å²) < 4.78 is 14.6. The number of aromatic nitrogens is 41. The summed E-state index contributed by atoms with van der Waals surface area (Å²) in [4.78, 5) is 88.2. The number of thiophene rings is 2. The van der Waals surface area contributed by atoms with E-state index in [1.54, 1.807) is 166 Å². The largest absolute Gasteiger partial charge is 0.383 e. The highest BCUT2D eigenvalue weighted by molar-refractivity contribution is 7.20. The van der Waals surface area contributed by atoms with Crippen molar-refractivity contribution in [3.05, 3.63) is 278 Å². The number of pyridine rings is 2. The number of hydrogen-bond acceptors (Lipinski definition) is 42. The van der Waals surface area contributed by atoms with Crippen LogP contribution in [0.15, 0.2) is 267 Å². The average Bonchev–Trinajstić information content (AvgIpc) is 1.61. The van der Waals surface area contributed by atoms with Crippen LogP contribution in [-0.4, -0.2) is 204 Å². The molecule has 0 aliphatic rings. The Kier molecular flexibility index (Phi) is 23.2. The third-order valence-corrected chi connectivity index (χ3v) is 22.9. The molecule has 0 radical (unpaired) electrons. The Morgan fingerprint density at radius 2 is 0.737 bits per heavy atom. The first-order valence-electron chi connectivity index (χ1n) is 40.0. The van der Waals surface area contributed by atoms with Gasteiger partial charge in [-0.3, -0.25) is 20.0 Å². The first-order valence-corrected chi connectivity index (χ1v) is 43.0. The number of fused-ring (bicyclic) bond motifs is 11. The van der Waals surface area contributed by atoms with Gasteiger partial charge in [-0.1, -0.05) is 35.1 Å². The molecule has 670 valence electrons. The third-order valence-electron chi connectivity index (χ3n) is 20.2. The van der Waals surface area contributed by atoms with E-state index in [1.807, 2.05) is 107 Å². The lowest BCUT2D eigenvalue weighted by atomic mass is 10.2. The molecule has 24 heterocycles. The Morgan fingerprint density at radius 1 is 0.321 bits per heavy atom. The maximum Gasteiger partial charge on any atom is 0.264 e. The zero-order valence-electron chi connectivity index (χ0n) is 69.9. The number of nitrogens with zero attached hydrogens (tertiary/aromatic N) is 38. The lowest BCUT2D eigenvalue weighted by Crippen LogP contribution is -2.10. The van der Waals surface area contributed by atoms with Gasteiger partial charge < -0.3 is 45.9 Å². The van der Waals surface area contributed by atoms with Crippen molar-refractivity contribution in [1.29, 1.82) is 0 Å². The van der Waals surface area contributed by atoms with E-state index in [0.717, 1.165) is 114 Å². The fraction of sp³-hybridized carbons (Fsp3) is 0. The first-order chi connectivity index (χ1) is 67.1. The number of H-pyrrole nitrogens is 3. The summed E-state index contributed by atoms with van der Waals surface area (Å²) in [5, 5.41) is 70.1. The molecular formula is C83H62ClN49OS3. The number of benzene rings is 3. The number of nitrogen functional groups attached to an aromatic ring is 8. The summed E-state index contributed by atoms with van der Waals surface area (Å²) >= 11 is 10.6. The van der Waals surface area contributed by atoms with E-state index in [4.69, 9.17) is 57.5 Å². The second-order valence-electron chi connectivity index (χ2n) is 28.4. The standard InChI is InChI=1S/2C12H9N7.C12H8N6S.C10H7ClN6.C10H8N6.C9H7N7O.2C9H7N5S/c13-11-9-5-17-19(12(9)15-6-14-11)8-1-2-10-7(3-8)4-16-18-10;13-11-9-5-17-19(12(9)15-6-14-11)8-2-1-7-4-16-18-10(7)3-8;13-10-7-5-16-18(11(7)15-6-14-10)12-17-8-3-1-2-4-9(8)19-12;11-8-3-6(1-2-13-8)17-10-7(4-16-17)9(12)14-5-15-10;11-9-8-5-15-16(10(8)14-6-13-9)7-1-3-12-4-2-7;10-8-5-3-13-16(9(5)12-4-11-8)6-1-2-7(17)15-14-6;10-8-7-3-13-14(6-1-2-15-4-6)9(7)12-5-11-8;10-8-6-4-13-14(7-2-1-3-15-7)9(6)12-5-11-8/h2*1-6H,(H,16,18)(H2,13,14,15);1-6H,(H2,13,14,15);1-5H,(H2,12,14,15);1-6H,(H2,11,13,14);1-4H,(H,15,17)(H2,10,11,12);2*1-5H,(H2,10,11,12). The summed E-state index contributed by atoms with van der Waals surface area (Å²) in [5.41, 5.74) is 58.5. The lowest BCUT2D eigenvalue weighted by molar-refractivity contribution is 0.818. The van der Waals surface area contributed by atoms with E-state index in [2.05, 4.69) is 166 Å². The van der Waals surface area contributed by atoms with E-state index < -0.39 is 0 Å². The van der Waals surface area contributed by atoms with Crippen molar-refractivity contribution in [3.63, 3.8) is 0 Å².